The normalized spacial score (nSPS) is 10.2. The van der Waals surface area contributed by atoms with Crippen molar-refractivity contribution in [3.63, 3.8) is 0 Å². The largest absolute Gasteiger partial charge is 0.438 e. The number of rotatable bonds is 3. The summed E-state index contributed by atoms with van der Waals surface area (Å²) in [5.74, 6) is 0.341. The summed E-state index contributed by atoms with van der Waals surface area (Å²) in [6.45, 7) is 1.75. The fourth-order valence-electron chi connectivity index (χ4n) is 1.49. The van der Waals surface area contributed by atoms with Crippen LogP contribution in [0.3, 0.4) is 0 Å². The van der Waals surface area contributed by atoms with E-state index in [-0.39, 0.29) is 11.8 Å². The number of aromatic nitrogens is 1. The molecular formula is C13H15N3O2. The predicted molar refractivity (Wildman–Crippen MR) is 70.0 cm³/mol. The van der Waals surface area contributed by atoms with Crippen LogP contribution in [0.15, 0.2) is 34.9 Å². The molecule has 0 spiro atoms. The van der Waals surface area contributed by atoms with E-state index in [1.807, 2.05) is 43.3 Å². The van der Waals surface area contributed by atoms with Gasteiger partial charge >= 0.3 is 5.91 Å². The third-order valence-electron chi connectivity index (χ3n) is 2.46. The molecule has 5 nitrogen and oxygen atoms in total. The minimum Gasteiger partial charge on any atom is -0.438 e. The summed E-state index contributed by atoms with van der Waals surface area (Å²) in [6, 6.07) is 7.53. The second kappa shape index (κ2) is 4.91. The SMILES string of the molecule is Cc1cnc(C(=O)Nc2ccc(N(C)C)cc2)o1. The molecule has 1 N–H and O–H groups in total. The number of aryl methyl sites for hydroxylation is 1. The number of nitrogens with zero attached hydrogens (tertiary/aromatic N) is 2. The van der Waals surface area contributed by atoms with Crippen LogP contribution < -0.4 is 10.2 Å². The highest BCUT2D eigenvalue weighted by Gasteiger charge is 2.11. The Morgan fingerprint density at radius 1 is 1.28 bits per heavy atom. The summed E-state index contributed by atoms with van der Waals surface area (Å²) >= 11 is 0. The quantitative estimate of drug-likeness (QED) is 0.901. The zero-order chi connectivity index (χ0) is 13.1. The number of hydrogen-bond donors (Lipinski definition) is 1. The van der Waals surface area contributed by atoms with Crippen LogP contribution >= 0.6 is 0 Å². The van der Waals surface area contributed by atoms with Crippen LogP contribution in [0.1, 0.15) is 16.4 Å². The molecule has 2 aromatic rings. The van der Waals surface area contributed by atoms with Gasteiger partial charge in [0.05, 0.1) is 6.20 Å². The van der Waals surface area contributed by atoms with Crippen LogP contribution in [0.5, 0.6) is 0 Å². The Labute approximate surface area is 105 Å². The fourth-order valence-corrected chi connectivity index (χ4v) is 1.49. The molecule has 0 aliphatic rings. The van der Waals surface area contributed by atoms with E-state index in [2.05, 4.69) is 10.3 Å². The van der Waals surface area contributed by atoms with E-state index in [9.17, 15) is 4.79 Å². The molecule has 1 heterocycles. The van der Waals surface area contributed by atoms with Gasteiger partial charge in [-0.3, -0.25) is 4.79 Å². The van der Waals surface area contributed by atoms with Gasteiger partial charge in [0.2, 0.25) is 0 Å². The second-order valence-electron chi connectivity index (χ2n) is 4.17. The monoisotopic (exact) mass is 245 g/mol. The van der Waals surface area contributed by atoms with E-state index in [1.54, 1.807) is 6.92 Å². The Hall–Kier alpha value is -2.30. The fraction of sp³-hybridized carbons (Fsp3) is 0.231. The molecule has 94 valence electrons. The van der Waals surface area contributed by atoms with Crippen molar-refractivity contribution >= 4 is 17.3 Å². The lowest BCUT2D eigenvalue weighted by molar-refractivity contribution is 0.0989. The molecular weight excluding hydrogens is 230 g/mol. The van der Waals surface area contributed by atoms with Gasteiger partial charge in [-0.05, 0) is 31.2 Å². The molecule has 0 saturated carbocycles. The van der Waals surface area contributed by atoms with Crippen molar-refractivity contribution in [3.8, 4) is 0 Å². The summed E-state index contributed by atoms with van der Waals surface area (Å²) in [5, 5.41) is 2.72. The molecule has 0 radical (unpaired) electrons. The molecule has 1 amide bonds. The first-order chi connectivity index (χ1) is 8.56. The molecule has 0 unspecified atom stereocenters. The van der Waals surface area contributed by atoms with Crippen LogP contribution in [0, 0.1) is 6.92 Å². The molecule has 0 saturated heterocycles. The van der Waals surface area contributed by atoms with Gasteiger partial charge in [0.25, 0.3) is 5.89 Å². The van der Waals surface area contributed by atoms with Crippen molar-refractivity contribution in [2.45, 2.75) is 6.92 Å². The van der Waals surface area contributed by atoms with E-state index in [4.69, 9.17) is 4.42 Å². The summed E-state index contributed by atoms with van der Waals surface area (Å²) in [6.07, 6.45) is 1.52. The first kappa shape index (κ1) is 12.2. The number of anilines is 2. The third-order valence-corrected chi connectivity index (χ3v) is 2.46. The molecule has 2 rings (SSSR count). The van der Waals surface area contributed by atoms with Crippen LogP contribution in [0.4, 0.5) is 11.4 Å². The van der Waals surface area contributed by atoms with Crippen molar-refractivity contribution < 1.29 is 9.21 Å². The molecule has 1 aromatic heterocycles. The van der Waals surface area contributed by atoms with Gasteiger partial charge in [-0.1, -0.05) is 0 Å². The molecule has 18 heavy (non-hydrogen) atoms. The number of carbonyl (C=O) groups is 1. The summed E-state index contributed by atoms with van der Waals surface area (Å²) < 4.78 is 5.15. The highest BCUT2D eigenvalue weighted by atomic mass is 16.4. The van der Waals surface area contributed by atoms with E-state index >= 15 is 0 Å². The summed E-state index contributed by atoms with van der Waals surface area (Å²) in [5.41, 5.74) is 1.78. The van der Waals surface area contributed by atoms with Crippen LogP contribution in [-0.4, -0.2) is 25.0 Å². The van der Waals surface area contributed by atoms with Crippen molar-refractivity contribution in [3.05, 3.63) is 42.1 Å². The lowest BCUT2D eigenvalue weighted by Crippen LogP contribution is -2.12. The Bertz CT molecular complexity index is 544. The van der Waals surface area contributed by atoms with Gasteiger partial charge in [0, 0.05) is 25.5 Å². The first-order valence-corrected chi connectivity index (χ1v) is 5.57. The molecule has 0 fully saturated rings. The highest BCUT2D eigenvalue weighted by molar-refractivity contribution is 6.00. The minimum atomic E-state index is -0.347. The molecule has 5 heteroatoms. The first-order valence-electron chi connectivity index (χ1n) is 5.57. The lowest BCUT2D eigenvalue weighted by Gasteiger charge is -2.12. The van der Waals surface area contributed by atoms with Crippen molar-refractivity contribution in [2.24, 2.45) is 0 Å². The van der Waals surface area contributed by atoms with Gasteiger partial charge in [-0.15, -0.1) is 0 Å². The van der Waals surface area contributed by atoms with Crippen molar-refractivity contribution in [1.29, 1.82) is 0 Å². The highest BCUT2D eigenvalue weighted by Crippen LogP contribution is 2.16. The summed E-state index contributed by atoms with van der Waals surface area (Å²) in [7, 11) is 3.92. The van der Waals surface area contributed by atoms with E-state index in [0.717, 1.165) is 5.69 Å². The molecule has 0 bridgehead atoms. The second-order valence-corrected chi connectivity index (χ2v) is 4.17. The van der Waals surface area contributed by atoms with Crippen molar-refractivity contribution in [2.75, 3.05) is 24.3 Å². The minimum absolute atomic E-state index is 0.0733. The Balaban J connectivity index is 2.07. The maximum Gasteiger partial charge on any atom is 0.311 e. The number of benzene rings is 1. The van der Waals surface area contributed by atoms with Gasteiger partial charge in [-0.25, -0.2) is 4.98 Å². The number of amides is 1. The van der Waals surface area contributed by atoms with Gasteiger partial charge < -0.3 is 14.6 Å². The van der Waals surface area contributed by atoms with E-state index in [0.29, 0.717) is 11.4 Å². The maximum absolute atomic E-state index is 11.8. The summed E-state index contributed by atoms with van der Waals surface area (Å²) in [4.78, 5) is 17.6. The number of nitrogens with one attached hydrogen (secondary N) is 1. The Kier molecular flexibility index (Phi) is 3.32. The van der Waals surface area contributed by atoms with Crippen molar-refractivity contribution in [1.82, 2.24) is 4.98 Å². The molecule has 0 aliphatic carbocycles. The number of carbonyl (C=O) groups excluding carboxylic acids is 1. The topological polar surface area (TPSA) is 58.4 Å². The van der Waals surface area contributed by atoms with Crippen LogP contribution in [0.2, 0.25) is 0 Å². The smallest absolute Gasteiger partial charge is 0.311 e. The van der Waals surface area contributed by atoms with Crippen LogP contribution in [-0.2, 0) is 0 Å². The zero-order valence-corrected chi connectivity index (χ0v) is 10.6. The molecule has 0 aliphatic heterocycles. The van der Waals surface area contributed by atoms with Gasteiger partial charge in [0.1, 0.15) is 5.76 Å². The predicted octanol–water partition coefficient (Wildman–Crippen LogP) is 2.30. The standard InChI is InChI=1S/C13H15N3O2/c1-9-8-14-13(18-9)12(17)15-10-4-6-11(7-5-10)16(2)3/h4-8H,1-3H3,(H,15,17). The zero-order valence-electron chi connectivity index (χ0n) is 10.6. The van der Waals surface area contributed by atoms with Gasteiger partial charge in [-0.2, -0.15) is 0 Å². The average Bonchev–Trinajstić information content (AvgIpc) is 2.76. The lowest BCUT2D eigenvalue weighted by atomic mass is 10.2. The average molecular weight is 245 g/mol. The Morgan fingerprint density at radius 3 is 2.44 bits per heavy atom. The third kappa shape index (κ3) is 2.68. The number of hydrogen-bond acceptors (Lipinski definition) is 4. The maximum atomic E-state index is 11.8. The van der Waals surface area contributed by atoms with E-state index < -0.39 is 0 Å². The number of oxazole rings is 1. The van der Waals surface area contributed by atoms with Crippen LogP contribution in [0.25, 0.3) is 0 Å². The molecule has 1 aromatic carbocycles. The van der Waals surface area contributed by atoms with E-state index in [1.165, 1.54) is 6.20 Å². The Morgan fingerprint density at radius 2 is 1.94 bits per heavy atom. The molecule has 0 atom stereocenters. The van der Waals surface area contributed by atoms with Gasteiger partial charge in [0.15, 0.2) is 0 Å².